The van der Waals surface area contributed by atoms with Crippen LogP contribution in [-0.2, 0) is 30.7 Å². The Morgan fingerprint density at radius 3 is 2.11 bits per heavy atom. The molecule has 2 aromatic carbocycles. The van der Waals surface area contributed by atoms with Gasteiger partial charge < -0.3 is 15.7 Å². The van der Waals surface area contributed by atoms with Gasteiger partial charge in [0.2, 0.25) is 0 Å². The number of pyridine rings is 2. The van der Waals surface area contributed by atoms with Gasteiger partial charge in [0.1, 0.15) is 11.4 Å². The van der Waals surface area contributed by atoms with E-state index in [2.05, 4.69) is 39.3 Å². The molecule has 0 spiro atoms. The van der Waals surface area contributed by atoms with Gasteiger partial charge in [-0.2, -0.15) is 0 Å². The minimum atomic E-state index is -0.626. The maximum Gasteiger partial charge on any atom is 0.309 e. The Kier molecular flexibility index (Phi) is 10.2. The summed E-state index contributed by atoms with van der Waals surface area (Å²) in [5.74, 6) is -1.35. The number of hydrogen-bond donors (Lipinski definition) is 3. The summed E-state index contributed by atoms with van der Waals surface area (Å²) in [6.07, 6.45) is 8.88. The SMILES string of the molecule is CC(C)N1CCc2cc(C(=O)Nc3cccc(-c4cccc(NC(=O)c5ccc6c(n5)CN(CCC57CCC(C(=O)O)(CC5)C7)CC6)c4Cl)c3Cl)ncc2C1. The number of hydrogen-bond acceptors (Lipinski definition) is 7. The Morgan fingerprint density at radius 1 is 0.818 bits per heavy atom. The highest BCUT2D eigenvalue weighted by atomic mass is 35.5. The number of aliphatic carboxylic acids is 1. The molecule has 2 fully saturated rings. The molecule has 0 saturated heterocycles. The first-order valence-corrected chi connectivity index (χ1v) is 20.0. The van der Waals surface area contributed by atoms with E-state index in [-0.39, 0.29) is 17.2 Å². The fourth-order valence-corrected chi connectivity index (χ4v) is 9.76. The fraction of sp³-hybridized carbons (Fsp3) is 0.419. The third-order valence-corrected chi connectivity index (χ3v) is 13.5. The van der Waals surface area contributed by atoms with Crippen molar-refractivity contribution in [3.63, 3.8) is 0 Å². The van der Waals surface area contributed by atoms with Crippen molar-refractivity contribution in [1.82, 2.24) is 19.8 Å². The number of aromatic nitrogens is 2. The Morgan fingerprint density at radius 2 is 1.47 bits per heavy atom. The average molecular weight is 782 g/mol. The van der Waals surface area contributed by atoms with Gasteiger partial charge in [0.25, 0.3) is 11.8 Å². The summed E-state index contributed by atoms with van der Waals surface area (Å²) in [6, 6.07) is 16.8. The molecule has 286 valence electrons. The lowest BCUT2D eigenvalue weighted by Gasteiger charge is -2.33. The lowest BCUT2D eigenvalue weighted by molar-refractivity contribution is -0.148. The van der Waals surface area contributed by atoms with E-state index in [1.54, 1.807) is 36.5 Å². The fourth-order valence-electron chi connectivity index (χ4n) is 9.21. The smallest absolute Gasteiger partial charge is 0.309 e. The summed E-state index contributed by atoms with van der Waals surface area (Å²) in [5, 5.41) is 16.3. The van der Waals surface area contributed by atoms with Crippen LogP contribution in [0.15, 0.2) is 60.8 Å². The molecule has 2 saturated carbocycles. The average Bonchev–Trinajstić information content (AvgIpc) is 3.77. The quantitative estimate of drug-likeness (QED) is 0.146. The van der Waals surface area contributed by atoms with Gasteiger partial charge in [-0.15, -0.1) is 0 Å². The normalized spacial score (nSPS) is 22.0. The summed E-state index contributed by atoms with van der Waals surface area (Å²) in [6.45, 7) is 8.58. The van der Waals surface area contributed by atoms with E-state index in [1.807, 2.05) is 24.3 Å². The minimum absolute atomic E-state index is 0.136. The van der Waals surface area contributed by atoms with Crippen LogP contribution < -0.4 is 10.6 Å². The second-order valence-corrected chi connectivity index (χ2v) is 17.0. The molecule has 12 heteroatoms. The van der Waals surface area contributed by atoms with Crippen molar-refractivity contribution in [2.75, 3.05) is 30.3 Å². The van der Waals surface area contributed by atoms with Crippen molar-refractivity contribution in [3.8, 4) is 11.1 Å². The van der Waals surface area contributed by atoms with Crippen LogP contribution in [0.5, 0.6) is 0 Å². The Bertz CT molecular complexity index is 2180. The van der Waals surface area contributed by atoms with E-state index in [0.717, 1.165) is 99.9 Å². The molecule has 0 atom stereocenters. The zero-order chi connectivity index (χ0) is 38.5. The molecule has 8 rings (SSSR count). The standard InChI is InChI=1S/C43H46Cl2N6O4/c1-26(2)51-19-12-28-21-35(46-22-29(28)23-51)40(53)49-33-8-4-6-31(38(33)45)30-5-3-7-32(37(30)44)48-39(52)34-10-9-27-11-18-50(24-36(27)47-34)20-17-42-13-15-43(25-42,16-14-42)41(54)55/h3-10,21-22,26H,11-20,23-25H2,1-2H3,(H,48,52)(H,49,53)(H,54,55). The molecule has 4 heterocycles. The van der Waals surface area contributed by atoms with Gasteiger partial charge in [0, 0.05) is 49.5 Å². The van der Waals surface area contributed by atoms with E-state index >= 15 is 0 Å². The van der Waals surface area contributed by atoms with Crippen molar-refractivity contribution in [3.05, 3.63) is 105 Å². The van der Waals surface area contributed by atoms with E-state index in [1.165, 1.54) is 0 Å². The number of carbonyl (C=O) groups excluding carboxylic acids is 2. The first-order chi connectivity index (χ1) is 26.4. The maximum atomic E-state index is 13.6. The van der Waals surface area contributed by atoms with Crippen LogP contribution in [0.1, 0.15) is 95.7 Å². The van der Waals surface area contributed by atoms with Gasteiger partial charge in [0.05, 0.1) is 32.5 Å². The molecule has 3 N–H and O–H groups in total. The van der Waals surface area contributed by atoms with Crippen molar-refractivity contribution < 1.29 is 19.5 Å². The number of amides is 2. The number of halogens is 2. The van der Waals surface area contributed by atoms with Crippen molar-refractivity contribution in [1.29, 1.82) is 0 Å². The Balaban J connectivity index is 0.929. The van der Waals surface area contributed by atoms with Crippen LogP contribution in [0.25, 0.3) is 11.1 Å². The topological polar surface area (TPSA) is 128 Å². The highest BCUT2D eigenvalue weighted by molar-refractivity contribution is 6.40. The molecule has 4 aliphatic rings. The van der Waals surface area contributed by atoms with Gasteiger partial charge in [0.15, 0.2) is 0 Å². The highest BCUT2D eigenvalue weighted by Gasteiger charge is 2.57. The molecule has 2 bridgehead atoms. The predicted octanol–water partition coefficient (Wildman–Crippen LogP) is 8.50. The van der Waals surface area contributed by atoms with Gasteiger partial charge in [-0.3, -0.25) is 29.2 Å². The van der Waals surface area contributed by atoms with E-state index in [9.17, 15) is 19.5 Å². The summed E-state index contributed by atoms with van der Waals surface area (Å²) in [7, 11) is 0. The molecule has 10 nitrogen and oxygen atoms in total. The van der Waals surface area contributed by atoms with E-state index < -0.39 is 11.4 Å². The molecule has 55 heavy (non-hydrogen) atoms. The zero-order valence-electron chi connectivity index (χ0n) is 31.3. The number of carboxylic acids is 1. The molecule has 2 aliphatic heterocycles. The van der Waals surface area contributed by atoms with Crippen molar-refractivity contribution in [2.24, 2.45) is 10.8 Å². The second kappa shape index (κ2) is 15.0. The maximum absolute atomic E-state index is 13.6. The first kappa shape index (κ1) is 37.6. The number of fused-ring (bicyclic) bond motifs is 4. The Hall–Kier alpha value is -4.35. The molecule has 4 aromatic rings. The molecular formula is C43H46Cl2N6O4. The largest absolute Gasteiger partial charge is 0.481 e. The minimum Gasteiger partial charge on any atom is -0.481 e. The first-order valence-electron chi connectivity index (χ1n) is 19.3. The highest BCUT2D eigenvalue weighted by Crippen LogP contribution is 2.63. The number of rotatable bonds is 10. The molecule has 2 aromatic heterocycles. The zero-order valence-corrected chi connectivity index (χ0v) is 32.8. The van der Waals surface area contributed by atoms with E-state index in [0.29, 0.717) is 56.5 Å². The molecule has 2 amide bonds. The number of anilines is 2. The van der Waals surface area contributed by atoms with Crippen molar-refractivity contribution >= 4 is 52.4 Å². The Labute approximate surface area is 331 Å². The van der Waals surface area contributed by atoms with Crippen LogP contribution in [0.2, 0.25) is 10.0 Å². The van der Waals surface area contributed by atoms with E-state index in [4.69, 9.17) is 28.2 Å². The number of carbonyl (C=O) groups is 3. The van der Waals surface area contributed by atoms with Gasteiger partial charge in [-0.25, -0.2) is 4.98 Å². The summed E-state index contributed by atoms with van der Waals surface area (Å²) in [4.78, 5) is 52.9. The monoisotopic (exact) mass is 780 g/mol. The summed E-state index contributed by atoms with van der Waals surface area (Å²) in [5.41, 5.74) is 6.60. The molecule has 0 unspecified atom stereocenters. The van der Waals surface area contributed by atoms with Crippen molar-refractivity contribution in [2.45, 2.75) is 84.3 Å². The van der Waals surface area contributed by atoms with Gasteiger partial charge in [-0.05, 0) is 118 Å². The summed E-state index contributed by atoms with van der Waals surface area (Å²) < 4.78 is 0. The van der Waals surface area contributed by atoms with Crippen LogP contribution in [0.3, 0.4) is 0 Å². The number of nitrogens with zero attached hydrogens (tertiary/aromatic N) is 4. The molecule has 0 radical (unpaired) electrons. The lowest BCUT2D eigenvalue weighted by atomic mass is 9.80. The predicted molar refractivity (Wildman–Crippen MR) is 215 cm³/mol. The summed E-state index contributed by atoms with van der Waals surface area (Å²) >= 11 is 13.9. The van der Waals surface area contributed by atoms with Crippen LogP contribution in [0, 0.1) is 10.8 Å². The number of carboxylic acid groups (broad SMARTS) is 1. The third kappa shape index (κ3) is 7.37. The number of nitrogens with one attached hydrogen (secondary N) is 2. The second-order valence-electron chi connectivity index (χ2n) is 16.2. The van der Waals surface area contributed by atoms with Gasteiger partial charge >= 0.3 is 5.97 Å². The van der Waals surface area contributed by atoms with Crippen LogP contribution in [0.4, 0.5) is 11.4 Å². The van der Waals surface area contributed by atoms with Gasteiger partial charge in [-0.1, -0.05) is 53.5 Å². The lowest BCUT2D eigenvalue weighted by Crippen LogP contribution is -2.36. The number of benzene rings is 2. The molecular weight excluding hydrogens is 735 g/mol. The molecule has 2 aliphatic carbocycles. The third-order valence-electron chi connectivity index (χ3n) is 12.6. The van der Waals surface area contributed by atoms with Crippen LogP contribution in [-0.4, -0.2) is 68.3 Å². The van der Waals surface area contributed by atoms with Crippen LogP contribution >= 0.6 is 23.2 Å².